The Morgan fingerprint density at radius 1 is 1.39 bits per heavy atom. The first kappa shape index (κ1) is 12.8. The van der Waals surface area contributed by atoms with Crippen molar-refractivity contribution in [2.75, 3.05) is 9.93 Å². The minimum atomic E-state index is -3.57. The maximum Gasteiger partial charge on any atom is 0.260 e. The maximum atomic E-state index is 11.4. The Kier molecular flexibility index (Phi) is 3.53. The lowest BCUT2D eigenvalue weighted by atomic mass is 10.2. The third kappa shape index (κ3) is 2.80. The van der Waals surface area contributed by atoms with Crippen molar-refractivity contribution in [2.45, 2.75) is 6.92 Å². The van der Waals surface area contributed by atoms with Crippen LogP contribution in [0.3, 0.4) is 0 Å². The molecule has 0 unspecified atom stereocenters. The quantitative estimate of drug-likeness (QED) is 0.869. The van der Waals surface area contributed by atoms with E-state index in [0.717, 1.165) is 0 Å². The number of sulfonamides is 1. The van der Waals surface area contributed by atoms with Crippen molar-refractivity contribution in [3.63, 3.8) is 0 Å². The largest absolute Gasteiger partial charge is 0.334 e. The molecule has 96 valence electrons. The van der Waals surface area contributed by atoms with Crippen LogP contribution in [0.2, 0.25) is 0 Å². The van der Waals surface area contributed by atoms with E-state index >= 15 is 0 Å². The Balaban J connectivity index is 2.44. The van der Waals surface area contributed by atoms with Crippen molar-refractivity contribution in [1.29, 1.82) is 0 Å². The molecule has 0 fully saturated rings. The first-order valence-corrected chi connectivity index (χ1v) is 7.17. The molecule has 18 heavy (non-hydrogen) atoms. The fraction of sp³-hybridized carbons (Fsp3) is 0.200. The lowest BCUT2D eigenvalue weighted by Crippen LogP contribution is -2.14. The van der Waals surface area contributed by atoms with Crippen LogP contribution in [0.1, 0.15) is 5.82 Å². The van der Waals surface area contributed by atoms with E-state index in [4.69, 9.17) is 16.1 Å². The predicted octanol–water partition coefficient (Wildman–Crippen LogP) is 1.98. The van der Waals surface area contributed by atoms with E-state index in [1.165, 1.54) is 0 Å². The number of aryl methyl sites for hydroxylation is 1. The fourth-order valence-electron chi connectivity index (χ4n) is 1.36. The third-order valence-corrected chi connectivity index (χ3v) is 3.77. The zero-order valence-corrected chi connectivity index (χ0v) is 11.0. The monoisotopic (exact) mass is 287 g/mol. The summed E-state index contributed by atoms with van der Waals surface area (Å²) >= 11 is 5.34. The van der Waals surface area contributed by atoms with E-state index in [1.54, 1.807) is 31.2 Å². The van der Waals surface area contributed by atoms with Crippen LogP contribution in [0.25, 0.3) is 11.5 Å². The average Bonchev–Trinajstić information content (AvgIpc) is 2.76. The number of hydrogen-bond acceptors (Lipinski definition) is 5. The zero-order valence-electron chi connectivity index (χ0n) is 9.42. The molecule has 1 aromatic carbocycles. The standard InChI is InChI=1S/C10H10ClN3O3S/c1-7-12-10(17-13-7)8-4-2-3-5-9(8)14-18(15,16)6-11/h2-5,14H,6H2,1H3. The molecular weight excluding hydrogens is 278 g/mol. The van der Waals surface area contributed by atoms with Gasteiger partial charge in [-0.15, -0.1) is 11.6 Å². The topological polar surface area (TPSA) is 85.1 Å². The van der Waals surface area contributed by atoms with Crippen molar-refractivity contribution in [2.24, 2.45) is 0 Å². The van der Waals surface area contributed by atoms with Crippen molar-refractivity contribution in [1.82, 2.24) is 10.1 Å². The van der Waals surface area contributed by atoms with Gasteiger partial charge >= 0.3 is 0 Å². The van der Waals surface area contributed by atoms with E-state index in [9.17, 15) is 8.42 Å². The Morgan fingerprint density at radius 3 is 2.72 bits per heavy atom. The summed E-state index contributed by atoms with van der Waals surface area (Å²) in [6.07, 6.45) is 0. The zero-order chi connectivity index (χ0) is 13.2. The molecule has 0 saturated heterocycles. The van der Waals surface area contributed by atoms with Crippen LogP contribution in [0.5, 0.6) is 0 Å². The molecule has 0 amide bonds. The molecule has 0 aliphatic rings. The first-order chi connectivity index (χ1) is 8.52. The van der Waals surface area contributed by atoms with Crippen LogP contribution in [-0.2, 0) is 10.0 Å². The number of rotatable bonds is 4. The van der Waals surface area contributed by atoms with Gasteiger partial charge in [-0.3, -0.25) is 4.72 Å². The summed E-state index contributed by atoms with van der Waals surface area (Å²) in [6.45, 7) is 1.68. The highest BCUT2D eigenvalue weighted by molar-refractivity contribution is 7.93. The molecule has 8 heteroatoms. The van der Waals surface area contributed by atoms with Gasteiger partial charge in [0.2, 0.25) is 10.0 Å². The van der Waals surface area contributed by atoms with Crippen LogP contribution in [0.15, 0.2) is 28.8 Å². The van der Waals surface area contributed by atoms with Gasteiger partial charge in [0.15, 0.2) is 5.82 Å². The third-order valence-electron chi connectivity index (χ3n) is 2.09. The molecule has 6 nitrogen and oxygen atoms in total. The average molecular weight is 288 g/mol. The molecule has 0 aliphatic heterocycles. The summed E-state index contributed by atoms with van der Waals surface area (Å²) in [5.74, 6) is 0.723. The Bertz CT molecular complexity index is 654. The number of alkyl halides is 1. The van der Waals surface area contributed by atoms with Gasteiger partial charge in [-0.05, 0) is 19.1 Å². The normalized spacial score (nSPS) is 11.4. The van der Waals surface area contributed by atoms with Gasteiger partial charge in [-0.2, -0.15) is 4.98 Å². The Hall–Kier alpha value is -1.60. The molecule has 1 N–H and O–H groups in total. The second kappa shape index (κ2) is 4.95. The number of hydrogen-bond donors (Lipinski definition) is 1. The number of aromatic nitrogens is 2. The maximum absolute atomic E-state index is 11.4. The SMILES string of the molecule is Cc1noc(-c2ccccc2NS(=O)(=O)CCl)n1. The molecule has 0 saturated carbocycles. The molecule has 1 heterocycles. The Morgan fingerprint density at radius 2 is 2.11 bits per heavy atom. The Labute approximate surface area is 109 Å². The number of halogens is 1. The summed E-state index contributed by atoms with van der Waals surface area (Å²) in [5, 5.41) is 3.14. The number of nitrogens with one attached hydrogen (secondary N) is 1. The summed E-state index contributed by atoms with van der Waals surface area (Å²) < 4.78 is 30.3. The minimum Gasteiger partial charge on any atom is -0.334 e. The second-order valence-electron chi connectivity index (χ2n) is 3.52. The molecule has 2 rings (SSSR count). The highest BCUT2D eigenvalue weighted by Gasteiger charge is 2.15. The van der Waals surface area contributed by atoms with Crippen molar-refractivity contribution in [3.8, 4) is 11.5 Å². The summed E-state index contributed by atoms with van der Waals surface area (Å²) in [6, 6.07) is 6.71. The van der Waals surface area contributed by atoms with Gasteiger partial charge in [0.1, 0.15) is 5.21 Å². The van der Waals surface area contributed by atoms with Crippen molar-refractivity contribution >= 4 is 27.3 Å². The summed E-state index contributed by atoms with van der Waals surface area (Å²) in [5.41, 5.74) is 0.855. The van der Waals surface area contributed by atoms with E-state index in [0.29, 0.717) is 17.1 Å². The van der Waals surface area contributed by atoms with Gasteiger partial charge in [-0.1, -0.05) is 17.3 Å². The smallest absolute Gasteiger partial charge is 0.260 e. The molecule has 0 spiro atoms. The van der Waals surface area contributed by atoms with Gasteiger partial charge in [0.25, 0.3) is 5.89 Å². The number of benzene rings is 1. The molecule has 0 radical (unpaired) electrons. The molecule has 0 aliphatic carbocycles. The lowest BCUT2D eigenvalue weighted by molar-refractivity contribution is 0.426. The van der Waals surface area contributed by atoms with Crippen LogP contribution in [0, 0.1) is 6.92 Å². The van der Waals surface area contributed by atoms with E-state index in [-0.39, 0.29) is 5.89 Å². The molecule has 1 aromatic heterocycles. The molecule has 0 bridgehead atoms. The molecular formula is C10H10ClN3O3S. The van der Waals surface area contributed by atoms with E-state index in [1.807, 2.05) is 0 Å². The second-order valence-corrected chi connectivity index (χ2v) is 5.82. The van der Waals surface area contributed by atoms with E-state index < -0.39 is 15.2 Å². The predicted molar refractivity (Wildman–Crippen MR) is 67.7 cm³/mol. The number of anilines is 1. The van der Waals surface area contributed by atoms with Crippen LogP contribution in [-0.4, -0.2) is 23.8 Å². The molecule has 2 aromatic rings. The van der Waals surface area contributed by atoms with Crippen LogP contribution < -0.4 is 4.72 Å². The number of nitrogens with zero attached hydrogens (tertiary/aromatic N) is 2. The van der Waals surface area contributed by atoms with Gasteiger partial charge in [0, 0.05) is 0 Å². The van der Waals surface area contributed by atoms with Crippen LogP contribution >= 0.6 is 11.6 Å². The van der Waals surface area contributed by atoms with Crippen molar-refractivity contribution < 1.29 is 12.9 Å². The fourth-order valence-corrected chi connectivity index (χ4v) is 2.09. The van der Waals surface area contributed by atoms with Gasteiger partial charge in [-0.25, -0.2) is 8.42 Å². The highest BCUT2D eigenvalue weighted by Crippen LogP contribution is 2.27. The minimum absolute atomic E-state index is 0.250. The number of para-hydroxylation sites is 1. The summed E-state index contributed by atoms with van der Waals surface area (Å²) in [7, 11) is -3.57. The summed E-state index contributed by atoms with van der Waals surface area (Å²) in [4.78, 5) is 4.05. The van der Waals surface area contributed by atoms with Gasteiger partial charge in [0.05, 0.1) is 11.3 Å². The van der Waals surface area contributed by atoms with Gasteiger partial charge < -0.3 is 4.52 Å². The van der Waals surface area contributed by atoms with Crippen LogP contribution in [0.4, 0.5) is 5.69 Å². The first-order valence-electron chi connectivity index (χ1n) is 4.98. The molecule has 0 atom stereocenters. The highest BCUT2D eigenvalue weighted by atomic mass is 35.5. The van der Waals surface area contributed by atoms with Crippen molar-refractivity contribution in [3.05, 3.63) is 30.1 Å². The van der Waals surface area contributed by atoms with E-state index in [2.05, 4.69) is 14.9 Å². The lowest BCUT2D eigenvalue weighted by Gasteiger charge is -2.08.